The Kier molecular flexibility index (Phi) is 5.77. The maximum absolute atomic E-state index is 13.4. The highest BCUT2D eigenvalue weighted by molar-refractivity contribution is 6.51. The number of ether oxygens (including phenoxy) is 1. The largest absolute Gasteiger partial charge is 0.507 e. The summed E-state index contributed by atoms with van der Waals surface area (Å²) in [6.45, 7) is 7.58. The quantitative estimate of drug-likeness (QED) is 0.351. The zero-order valence-corrected chi connectivity index (χ0v) is 19.3. The van der Waals surface area contributed by atoms with Gasteiger partial charge < -0.3 is 9.84 Å². The van der Waals surface area contributed by atoms with Crippen molar-refractivity contribution in [2.45, 2.75) is 33.7 Å². The lowest BCUT2D eigenvalue weighted by molar-refractivity contribution is -0.132. The van der Waals surface area contributed by atoms with Crippen LogP contribution >= 0.6 is 0 Å². The molecule has 2 heterocycles. The first-order chi connectivity index (χ1) is 15.8. The summed E-state index contributed by atoms with van der Waals surface area (Å²) in [7, 11) is 1.58. The number of carbonyl (C=O) groups excluding carboxylic acids is 2. The highest BCUT2D eigenvalue weighted by Gasteiger charge is 2.47. The zero-order valence-electron chi connectivity index (χ0n) is 19.3. The number of rotatable bonds is 4. The molecule has 1 unspecified atom stereocenters. The fourth-order valence-corrected chi connectivity index (χ4v) is 4.35. The maximum atomic E-state index is 13.4. The number of hydrogen-bond donors (Lipinski definition) is 1. The summed E-state index contributed by atoms with van der Waals surface area (Å²) in [6.07, 6.45) is 3.22. The smallest absolute Gasteiger partial charge is 0.300 e. The minimum absolute atomic E-state index is 0.0553. The molecule has 1 saturated heterocycles. The molecule has 0 bridgehead atoms. The van der Waals surface area contributed by atoms with Crippen LogP contribution in [0.2, 0.25) is 0 Å². The van der Waals surface area contributed by atoms with E-state index >= 15 is 0 Å². The van der Waals surface area contributed by atoms with Gasteiger partial charge in [0.15, 0.2) is 0 Å². The van der Waals surface area contributed by atoms with E-state index in [1.54, 1.807) is 37.7 Å². The molecule has 1 atom stereocenters. The SMILES string of the molecule is COc1cc(C)c(/C(O)=C2\C(=O)C(=O)N(c3cccc(C)c3C)C2c2ccncc2)cc1C. The lowest BCUT2D eigenvalue weighted by Gasteiger charge is -2.27. The molecule has 0 saturated carbocycles. The van der Waals surface area contributed by atoms with Crippen molar-refractivity contribution in [3.05, 3.63) is 93.8 Å². The van der Waals surface area contributed by atoms with Crippen LogP contribution in [0.5, 0.6) is 5.75 Å². The summed E-state index contributed by atoms with van der Waals surface area (Å²) in [6, 6.07) is 12.0. The van der Waals surface area contributed by atoms with Crippen molar-refractivity contribution in [3.63, 3.8) is 0 Å². The minimum atomic E-state index is -0.782. The van der Waals surface area contributed by atoms with Crippen molar-refractivity contribution >= 4 is 23.1 Å². The van der Waals surface area contributed by atoms with Crippen molar-refractivity contribution in [3.8, 4) is 5.75 Å². The van der Waals surface area contributed by atoms with Crippen molar-refractivity contribution in [2.24, 2.45) is 0 Å². The standard InChI is InChI=1S/C27H26N2O4/c1-15-7-6-8-21(18(15)4)29-24(19-9-11-28-12-10-19)23(26(31)27(29)32)25(30)20-13-17(3)22(33-5)14-16(20)2/h6-14,24,30H,1-5H3/b25-23+. The summed E-state index contributed by atoms with van der Waals surface area (Å²) in [5.41, 5.74) is 5.33. The molecule has 0 aliphatic carbocycles. The predicted octanol–water partition coefficient (Wildman–Crippen LogP) is 4.95. The first-order valence-electron chi connectivity index (χ1n) is 10.7. The molecule has 1 fully saturated rings. The Morgan fingerprint density at radius 2 is 1.67 bits per heavy atom. The van der Waals surface area contributed by atoms with E-state index in [9.17, 15) is 14.7 Å². The fraction of sp³-hybridized carbons (Fsp3) is 0.222. The third kappa shape index (κ3) is 3.67. The Bertz CT molecular complexity index is 1290. The van der Waals surface area contributed by atoms with Crippen LogP contribution in [0.4, 0.5) is 5.69 Å². The van der Waals surface area contributed by atoms with Crippen LogP contribution in [-0.4, -0.2) is 28.9 Å². The minimum Gasteiger partial charge on any atom is -0.507 e. The molecule has 1 N–H and O–H groups in total. The molecule has 6 nitrogen and oxygen atoms in total. The average Bonchev–Trinajstić information content (AvgIpc) is 3.07. The van der Waals surface area contributed by atoms with Crippen LogP contribution in [0.15, 0.2) is 60.4 Å². The number of benzene rings is 2. The number of nitrogens with zero attached hydrogens (tertiary/aromatic N) is 2. The lowest BCUT2D eigenvalue weighted by Crippen LogP contribution is -2.30. The molecular weight excluding hydrogens is 416 g/mol. The number of hydrogen-bond acceptors (Lipinski definition) is 5. The first-order valence-corrected chi connectivity index (χ1v) is 10.7. The van der Waals surface area contributed by atoms with Gasteiger partial charge in [-0.2, -0.15) is 0 Å². The normalized spacial score (nSPS) is 17.5. The Labute approximate surface area is 193 Å². The molecule has 2 aromatic carbocycles. The zero-order chi connectivity index (χ0) is 23.9. The van der Waals surface area contributed by atoms with Gasteiger partial charge >= 0.3 is 0 Å². The average molecular weight is 443 g/mol. The van der Waals surface area contributed by atoms with Crippen LogP contribution < -0.4 is 9.64 Å². The molecule has 1 aromatic heterocycles. The topological polar surface area (TPSA) is 79.7 Å². The van der Waals surface area contributed by atoms with Gasteiger partial charge in [0, 0.05) is 23.6 Å². The highest BCUT2D eigenvalue weighted by Crippen LogP contribution is 2.44. The molecule has 0 spiro atoms. The van der Waals surface area contributed by atoms with E-state index in [2.05, 4.69) is 4.98 Å². The van der Waals surface area contributed by atoms with E-state index in [4.69, 9.17) is 4.74 Å². The molecule has 1 amide bonds. The van der Waals surface area contributed by atoms with Crippen molar-refractivity contribution < 1.29 is 19.4 Å². The van der Waals surface area contributed by atoms with Gasteiger partial charge in [0.1, 0.15) is 11.5 Å². The van der Waals surface area contributed by atoms with E-state index in [1.165, 1.54) is 4.90 Å². The molecule has 6 heteroatoms. The molecule has 3 aromatic rings. The fourth-order valence-electron chi connectivity index (χ4n) is 4.35. The van der Waals surface area contributed by atoms with Crippen LogP contribution in [0.1, 0.15) is 39.4 Å². The number of aromatic nitrogens is 1. The number of Topliss-reactive ketones (excluding diaryl/α,β-unsaturated/α-hetero) is 1. The first kappa shape index (κ1) is 22.3. The number of aryl methyl sites for hydroxylation is 3. The van der Waals surface area contributed by atoms with E-state index in [0.29, 0.717) is 22.6 Å². The van der Waals surface area contributed by atoms with Gasteiger partial charge in [0.2, 0.25) is 0 Å². The maximum Gasteiger partial charge on any atom is 0.300 e. The second-order valence-electron chi connectivity index (χ2n) is 8.31. The van der Waals surface area contributed by atoms with Crippen LogP contribution in [0, 0.1) is 27.7 Å². The summed E-state index contributed by atoms with van der Waals surface area (Å²) in [4.78, 5) is 32.3. The number of ketones is 1. The number of pyridine rings is 1. The molecule has 168 valence electrons. The predicted molar refractivity (Wildman–Crippen MR) is 127 cm³/mol. The third-order valence-corrected chi connectivity index (χ3v) is 6.30. The van der Waals surface area contributed by atoms with Gasteiger partial charge in [-0.25, -0.2) is 0 Å². The number of methoxy groups -OCH3 is 1. The number of aliphatic hydroxyl groups excluding tert-OH is 1. The van der Waals surface area contributed by atoms with E-state index in [-0.39, 0.29) is 11.3 Å². The van der Waals surface area contributed by atoms with Crippen molar-refractivity contribution in [1.29, 1.82) is 0 Å². The number of aliphatic hydroxyl groups is 1. The number of anilines is 1. The van der Waals surface area contributed by atoms with Crippen LogP contribution in [0.25, 0.3) is 5.76 Å². The Hall–Kier alpha value is -3.93. The lowest BCUT2D eigenvalue weighted by atomic mass is 9.93. The van der Waals surface area contributed by atoms with Gasteiger partial charge in [-0.05, 0) is 85.8 Å². The summed E-state index contributed by atoms with van der Waals surface area (Å²) < 4.78 is 5.38. The van der Waals surface area contributed by atoms with Gasteiger partial charge in [-0.3, -0.25) is 19.5 Å². The molecular formula is C27H26N2O4. The van der Waals surface area contributed by atoms with Crippen molar-refractivity contribution in [2.75, 3.05) is 12.0 Å². The molecule has 4 rings (SSSR count). The van der Waals surface area contributed by atoms with Gasteiger partial charge in [0.25, 0.3) is 11.7 Å². The van der Waals surface area contributed by atoms with E-state index in [1.807, 2.05) is 52.0 Å². The van der Waals surface area contributed by atoms with E-state index in [0.717, 1.165) is 22.3 Å². The molecule has 33 heavy (non-hydrogen) atoms. The second-order valence-corrected chi connectivity index (χ2v) is 8.31. The van der Waals surface area contributed by atoms with Gasteiger partial charge in [-0.1, -0.05) is 12.1 Å². The monoisotopic (exact) mass is 442 g/mol. The summed E-state index contributed by atoms with van der Waals surface area (Å²) >= 11 is 0. The van der Waals surface area contributed by atoms with Gasteiger partial charge in [0.05, 0.1) is 18.7 Å². The molecule has 1 aliphatic rings. The summed E-state index contributed by atoms with van der Waals surface area (Å²) in [5, 5.41) is 11.4. The van der Waals surface area contributed by atoms with Crippen LogP contribution in [-0.2, 0) is 9.59 Å². The molecule has 1 aliphatic heterocycles. The highest BCUT2D eigenvalue weighted by atomic mass is 16.5. The Morgan fingerprint density at radius 1 is 0.970 bits per heavy atom. The molecule has 0 radical (unpaired) electrons. The van der Waals surface area contributed by atoms with E-state index < -0.39 is 17.7 Å². The third-order valence-electron chi connectivity index (χ3n) is 6.30. The Morgan fingerprint density at radius 3 is 2.33 bits per heavy atom. The number of amides is 1. The Balaban J connectivity index is 2.00. The van der Waals surface area contributed by atoms with Crippen molar-refractivity contribution in [1.82, 2.24) is 4.98 Å². The van der Waals surface area contributed by atoms with Crippen LogP contribution in [0.3, 0.4) is 0 Å². The second kappa shape index (κ2) is 8.54. The number of carbonyl (C=O) groups is 2. The van der Waals surface area contributed by atoms with Gasteiger partial charge in [-0.15, -0.1) is 0 Å². The summed E-state index contributed by atoms with van der Waals surface area (Å²) in [5.74, 6) is -0.908.